The van der Waals surface area contributed by atoms with Crippen LogP contribution in [-0.4, -0.2) is 13.2 Å². The summed E-state index contributed by atoms with van der Waals surface area (Å²) < 4.78 is 26.3. The van der Waals surface area contributed by atoms with Gasteiger partial charge in [-0.2, -0.15) is 0 Å². The van der Waals surface area contributed by atoms with E-state index in [1.807, 2.05) is 13.8 Å². The van der Waals surface area contributed by atoms with E-state index in [-0.39, 0.29) is 0 Å². The van der Waals surface area contributed by atoms with Gasteiger partial charge >= 0.3 is 7.82 Å². The van der Waals surface area contributed by atoms with Crippen molar-refractivity contribution in [3.8, 4) is 0 Å². The standard InChI is InChI=1S/C8H17O4P/c1-5-10-13(9,11-6-2)12-7-8(3)4/h7H,5-6H2,1-4H3. The second-order valence-corrected chi connectivity index (χ2v) is 4.21. The fourth-order valence-electron chi connectivity index (χ4n) is 0.584. The van der Waals surface area contributed by atoms with Crippen LogP contribution in [0.1, 0.15) is 27.7 Å². The summed E-state index contributed by atoms with van der Waals surface area (Å²) in [5.74, 6) is 0. The van der Waals surface area contributed by atoms with Crippen LogP contribution in [0.15, 0.2) is 11.8 Å². The molecule has 0 aliphatic rings. The Balaban J connectivity index is 4.24. The predicted octanol–water partition coefficient (Wildman–Crippen LogP) is 3.11. The lowest BCUT2D eigenvalue weighted by Gasteiger charge is -2.14. The average molecular weight is 208 g/mol. The lowest BCUT2D eigenvalue weighted by Crippen LogP contribution is -1.96. The Hall–Kier alpha value is -0.310. The highest BCUT2D eigenvalue weighted by molar-refractivity contribution is 7.48. The molecule has 5 heteroatoms. The molecule has 0 amide bonds. The molecule has 0 rings (SSSR count). The van der Waals surface area contributed by atoms with E-state index in [4.69, 9.17) is 13.6 Å². The molecule has 0 aliphatic carbocycles. The molecule has 13 heavy (non-hydrogen) atoms. The van der Waals surface area contributed by atoms with Gasteiger partial charge in [0.25, 0.3) is 0 Å². The van der Waals surface area contributed by atoms with Crippen LogP contribution in [0.25, 0.3) is 0 Å². The van der Waals surface area contributed by atoms with E-state index in [1.54, 1.807) is 13.8 Å². The summed E-state index contributed by atoms with van der Waals surface area (Å²) in [5.41, 5.74) is 0.902. The normalized spacial score (nSPS) is 11.1. The summed E-state index contributed by atoms with van der Waals surface area (Å²) >= 11 is 0. The zero-order valence-corrected chi connectivity index (χ0v) is 9.47. The molecule has 0 spiro atoms. The van der Waals surface area contributed by atoms with Gasteiger partial charge < -0.3 is 4.52 Å². The van der Waals surface area contributed by atoms with Crippen LogP contribution in [0.3, 0.4) is 0 Å². The van der Waals surface area contributed by atoms with Crippen LogP contribution < -0.4 is 0 Å². The SMILES string of the molecule is CCOP(=O)(OC=C(C)C)OCC. The van der Waals surface area contributed by atoms with Crippen molar-refractivity contribution in [3.05, 3.63) is 11.8 Å². The maximum absolute atomic E-state index is 11.6. The first-order valence-electron chi connectivity index (χ1n) is 4.25. The molecule has 0 fully saturated rings. The summed E-state index contributed by atoms with van der Waals surface area (Å²) in [5, 5.41) is 0. The number of allylic oxidation sites excluding steroid dienone is 1. The molecule has 0 heterocycles. The molecular formula is C8H17O4P. The molecule has 0 saturated carbocycles. The second kappa shape index (κ2) is 6.19. The number of hydrogen-bond donors (Lipinski definition) is 0. The van der Waals surface area contributed by atoms with Crippen molar-refractivity contribution in [1.29, 1.82) is 0 Å². The van der Waals surface area contributed by atoms with Crippen molar-refractivity contribution in [2.45, 2.75) is 27.7 Å². The Morgan fingerprint density at radius 2 is 1.69 bits per heavy atom. The van der Waals surface area contributed by atoms with E-state index < -0.39 is 7.82 Å². The fourth-order valence-corrected chi connectivity index (χ4v) is 1.75. The molecular weight excluding hydrogens is 191 g/mol. The first-order chi connectivity index (χ1) is 6.04. The van der Waals surface area contributed by atoms with Gasteiger partial charge in [0.1, 0.15) is 0 Å². The van der Waals surface area contributed by atoms with Gasteiger partial charge in [-0.3, -0.25) is 9.05 Å². The molecule has 78 valence electrons. The third-order valence-corrected chi connectivity index (χ3v) is 2.50. The smallest absolute Gasteiger partial charge is 0.412 e. The summed E-state index contributed by atoms with van der Waals surface area (Å²) in [6.07, 6.45) is 1.38. The van der Waals surface area contributed by atoms with Crippen molar-refractivity contribution >= 4 is 7.82 Å². The highest BCUT2D eigenvalue weighted by atomic mass is 31.2. The molecule has 0 aromatic heterocycles. The van der Waals surface area contributed by atoms with Gasteiger partial charge in [0.2, 0.25) is 0 Å². The van der Waals surface area contributed by atoms with E-state index >= 15 is 0 Å². The van der Waals surface area contributed by atoms with Crippen molar-refractivity contribution in [2.75, 3.05) is 13.2 Å². The summed E-state index contributed by atoms with van der Waals surface area (Å²) in [6.45, 7) is 7.74. The molecule has 0 atom stereocenters. The van der Waals surface area contributed by atoms with Crippen LogP contribution in [-0.2, 0) is 18.1 Å². The molecule has 0 radical (unpaired) electrons. The van der Waals surface area contributed by atoms with Gasteiger partial charge in [-0.1, -0.05) is 0 Å². The van der Waals surface area contributed by atoms with Crippen LogP contribution in [0.2, 0.25) is 0 Å². The first kappa shape index (κ1) is 12.7. The maximum atomic E-state index is 11.6. The van der Waals surface area contributed by atoms with E-state index in [0.717, 1.165) is 5.57 Å². The Kier molecular flexibility index (Phi) is 6.04. The van der Waals surface area contributed by atoms with Gasteiger partial charge in [0.05, 0.1) is 19.5 Å². The van der Waals surface area contributed by atoms with Crippen molar-refractivity contribution in [1.82, 2.24) is 0 Å². The van der Waals surface area contributed by atoms with Gasteiger partial charge in [-0.05, 0) is 33.3 Å². The molecule has 0 aromatic rings. The topological polar surface area (TPSA) is 44.8 Å². The monoisotopic (exact) mass is 208 g/mol. The van der Waals surface area contributed by atoms with Crippen molar-refractivity contribution in [2.24, 2.45) is 0 Å². The molecule has 0 unspecified atom stereocenters. The molecule has 0 aliphatic heterocycles. The molecule has 4 nitrogen and oxygen atoms in total. The third kappa shape index (κ3) is 5.86. The largest absolute Gasteiger partial charge is 0.529 e. The van der Waals surface area contributed by atoms with Crippen molar-refractivity contribution in [3.63, 3.8) is 0 Å². The quantitative estimate of drug-likeness (QED) is 0.497. The third-order valence-electron chi connectivity index (χ3n) is 0.992. The fraction of sp³-hybridized carbons (Fsp3) is 0.750. The van der Waals surface area contributed by atoms with Gasteiger partial charge in [-0.15, -0.1) is 0 Å². The average Bonchev–Trinajstić information content (AvgIpc) is 2.02. The summed E-state index contributed by atoms with van der Waals surface area (Å²) in [4.78, 5) is 0. The van der Waals surface area contributed by atoms with Gasteiger partial charge in [0, 0.05) is 0 Å². The Bertz CT molecular complexity index is 198. The lowest BCUT2D eigenvalue weighted by molar-refractivity contribution is 0.153. The minimum absolute atomic E-state index is 0.299. The highest BCUT2D eigenvalue weighted by Gasteiger charge is 2.24. The van der Waals surface area contributed by atoms with E-state index in [2.05, 4.69) is 0 Å². The highest BCUT2D eigenvalue weighted by Crippen LogP contribution is 2.49. The van der Waals surface area contributed by atoms with Crippen LogP contribution in [0.4, 0.5) is 0 Å². The Morgan fingerprint density at radius 3 is 2.00 bits per heavy atom. The van der Waals surface area contributed by atoms with Crippen LogP contribution >= 0.6 is 7.82 Å². The zero-order chi connectivity index (χ0) is 10.3. The number of hydrogen-bond acceptors (Lipinski definition) is 4. The van der Waals surface area contributed by atoms with E-state index in [0.29, 0.717) is 13.2 Å². The maximum Gasteiger partial charge on any atom is 0.529 e. The Labute approximate surface area is 79.5 Å². The molecule has 0 bridgehead atoms. The number of phosphoric ester groups is 1. The van der Waals surface area contributed by atoms with Gasteiger partial charge in [-0.25, -0.2) is 4.57 Å². The molecule has 0 saturated heterocycles. The van der Waals surface area contributed by atoms with Gasteiger partial charge in [0.15, 0.2) is 0 Å². The minimum Gasteiger partial charge on any atom is -0.412 e. The number of phosphoric acid groups is 1. The molecule has 0 N–H and O–H groups in total. The Morgan fingerprint density at radius 1 is 1.23 bits per heavy atom. The van der Waals surface area contributed by atoms with Crippen LogP contribution in [0, 0.1) is 0 Å². The van der Waals surface area contributed by atoms with E-state index in [9.17, 15) is 4.57 Å². The number of rotatable bonds is 6. The van der Waals surface area contributed by atoms with Crippen molar-refractivity contribution < 1.29 is 18.1 Å². The summed E-state index contributed by atoms with van der Waals surface area (Å²) in [6, 6.07) is 0. The second-order valence-electron chi connectivity index (χ2n) is 2.58. The zero-order valence-electron chi connectivity index (χ0n) is 8.57. The minimum atomic E-state index is -3.35. The molecule has 0 aromatic carbocycles. The summed E-state index contributed by atoms with van der Waals surface area (Å²) in [7, 11) is -3.35. The predicted molar refractivity (Wildman–Crippen MR) is 51.4 cm³/mol. The van der Waals surface area contributed by atoms with Crippen LogP contribution in [0.5, 0.6) is 0 Å². The van der Waals surface area contributed by atoms with E-state index in [1.165, 1.54) is 6.26 Å². The first-order valence-corrected chi connectivity index (χ1v) is 5.71. The lowest BCUT2D eigenvalue weighted by atomic mass is 10.4.